The molecule has 4 nitrogen and oxygen atoms in total. The van der Waals surface area contributed by atoms with E-state index >= 15 is 0 Å². The lowest BCUT2D eigenvalue weighted by Crippen LogP contribution is -2.10. The van der Waals surface area contributed by atoms with E-state index in [2.05, 4.69) is 175 Å². The molecule has 12 aromatic rings. The van der Waals surface area contributed by atoms with E-state index in [1.165, 1.54) is 16.7 Å². The summed E-state index contributed by atoms with van der Waals surface area (Å²) in [6.45, 7) is 0. The molecule has 3 aromatic heterocycles. The van der Waals surface area contributed by atoms with Crippen LogP contribution >= 0.6 is 0 Å². The highest BCUT2D eigenvalue weighted by Crippen LogP contribution is 2.45. The van der Waals surface area contributed by atoms with Gasteiger partial charge in [-0.05, 0) is 94.5 Å². The van der Waals surface area contributed by atoms with Crippen molar-refractivity contribution in [3.05, 3.63) is 200 Å². The van der Waals surface area contributed by atoms with Crippen LogP contribution in [0.15, 0.2) is 213 Å². The molecule has 9 aromatic carbocycles. The zero-order valence-electron chi connectivity index (χ0n) is 31.2. The molecular weight excluding hydrogens is 711 g/mol. The second-order valence-corrected chi connectivity index (χ2v) is 14.8. The molecule has 0 unspecified atom stereocenters. The summed E-state index contributed by atoms with van der Waals surface area (Å²) in [5.74, 6) is 0. The summed E-state index contributed by atoms with van der Waals surface area (Å²) in [5, 5.41) is 6.39. The van der Waals surface area contributed by atoms with Crippen molar-refractivity contribution in [3.8, 4) is 33.4 Å². The molecule has 0 atom stereocenters. The summed E-state index contributed by atoms with van der Waals surface area (Å²) in [5.41, 5.74) is 15.1. The summed E-state index contributed by atoms with van der Waals surface area (Å²) >= 11 is 0. The van der Waals surface area contributed by atoms with Crippen LogP contribution in [0.1, 0.15) is 0 Å². The molecule has 0 fully saturated rings. The van der Waals surface area contributed by atoms with Gasteiger partial charge in [0.05, 0.1) is 16.5 Å². The molecule has 3 heterocycles. The minimum absolute atomic E-state index is 0.827. The predicted molar refractivity (Wildman–Crippen MR) is 239 cm³/mol. The van der Waals surface area contributed by atoms with Gasteiger partial charge in [0, 0.05) is 38.5 Å². The van der Waals surface area contributed by atoms with Crippen LogP contribution in [0.4, 0.5) is 17.1 Å². The molecule has 0 spiro atoms. The molecule has 0 radical (unpaired) electrons. The van der Waals surface area contributed by atoms with Crippen molar-refractivity contribution in [2.75, 3.05) is 4.90 Å². The van der Waals surface area contributed by atoms with Crippen LogP contribution in [-0.2, 0) is 0 Å². The number of nitrogens with zero attached hydrogens (tertiary/aromatic N) is 1. The van der Waals surface area contributed by atoms with Crippen LogP contribution in [0.25, 0.3) is 99.2 Å². The highest BCUT2D eigenvalue weighted by atomic mass is 16.3. The number of benzene rings is 9. The first-order valence-corrected chi connectivity index (χ1v) is 19.6. The molecule has 0 bridgehead atoms. The van der Waals surface area contributed by atoms with E-state index in [1.54, 1.807) is 0 Å². The Bertz CT molecular complexity index is 3500. The molecule has 272 valence electrons. The van der Waals surface area contributed by atoms with Gasteiger partial charge in [0.1, 0.15) is 33.5 Å². The van der Waals surface area contributed by atoms with E-state index in [1.807, 2.05) is 30.3 Å². The Kier molecular flexibility index (Phi) is 7.20. The first kappa shape index (κ1) is 32.4. The third-order valence-electron chi connectivity index (χ3n) is 11.5. The Morgan fingerprint density at radius 2 is 0.810 bits per heavy atom. The molecule has 0 saturated carbocycles. The average molecular weight is 744 g/mol. The van der Waals surface area contributed by atoms with Crippen LogP contribution in [0.2, 0.25) is 0 Å². The number of fused-ring (bicyclic) bond motifs is 10. The van der Waals surface area contributed by atoms with Gasteiger partial charge in [-0.15, -0.1) is 0 Å². The third-order valence-corrected chi connectivity index (χ3v) is 11.5. The zero-order valence-corrected chi connectivity index (χ0v) is 31.2. The molecule has 0 aliphatic carbocycles. The van der Waals surface area contributed by atoms with Crippen molar-refractivity contribution in [2.45, 2.75) is 0 Å². The smallest absolute Gasteiger partial charge is 0.147 e. The normalized spacial score (nSPS) is 11.8. The molecule has 0 N–H and O–H groups in total. The monoisotopic (exact) mass is 743 g/mol. The van der Waals surface area contributed by atoms with E-state index < -0.39 is 0 Å². The van der Waals surface area contributed by atoms with Crippen molar-refractivity contribution in [1.82, 2.24) is 0 Å². The lowest BCUT2D eigenvalue weighted by Gasteiger charge is -2.26. The van der Waals surface area contributed by atoms with Gasteiger partial charge in [-0.25, -0.2) is 0 Å². The standard InChI is InChI=1S/C54H33NO3/c1-2-11-34(12-3-1)37-13-8-14-38(33-37)35-23-27-39(28-24-35)55(46-19-10-22-49-51(46)44-15-4-6-20-47(44)56-49)40-29-25-36(26-30-40)41-17-9-18-42-43-31-32-50-52(54(43)58-53(41)42)45-16-5-7-21-48(45)57-50/h1-33H. The van der Waals surface area contributed by atoms with Crippen LogP contribution in [0, 0.1) is 0 Å². The summed E-state index contributed by atoms with van der Waals surface area (Å²) < 4.78 is 19.4. The van der Waals surface area contributed by atoms with E-state index in [-0.39, 0.29) is 0 Å². The third kappa shape index (κ3) is 5.09. The second-order valence-electron chi connectivity index (χ2n) is 14.8. The number of furan rings is 3. The Morgan fingerprint density at radius 1 is 0.293 bits per heavy atom. The maximum atomic E-state index is 6.81. The Balaban J connectivity index is 0.985. The van der Waals surface area contributed by atoms with Crippen molar-refractivity contribution < 1.29 is 13.3 Å². The minimum Gasteiger partial charge on any atom is -0.456 e. The fourth-order valence-corrected chi connectivity index (χ4v) is 8.76. The molecule has 4 heteroatoms. The number of hydrogen-bond donors (Lipinski definition) is 0. The van der Waals surface area contributed by atoms with E-state index in [9.17, 15) is 0 Å². The first-order chi connectivity index (χ1) is 28.7. The Labute approximate surface area is 333 Å². The fraction of sp³-hybridized carbons (Fsp3) is 0. The quantitative estimate of drug-likeness (QED) is 0.170. The fourth-order valence-electron chi connectivity index (χ4n) is 8.76. The van der Waals surface area contributed by atoms with Gasteiger partial charge >= 0.3 is 0 Å². The average Bonchev–Trinajstić information content (AvgIpc) is 3.99. The van der Waals surface area contributed by atoms with Crippen LogP contribution in [0.3, 0.4) is 0 Å². The highest BCUT2D eigenvalue weighted by Gasteiger charge is 2.21. The van der Waals surface area contributed by atoms with Gasteiger partial charge in [0.25, 0.3) is 0 Å². The molecular formula is C54H33NO3. The van der Waals surface area contributed by atoms with Gasteiger partial charge in [-0.1, -0.05) is 133 Å². The summed E-state index contributed by atoms with van der Waals surface area (Å²) in [7, 11) is 0. The first-order valence-electron chi connectivity index (χ1n) is 19.6. The maximum Gasteiger partial charge on any atom is 0.147 e. The highest BCUT2D eigenvalue weighted by molar-refractivity contribution is 6.23. The number of hydrogen-bond acceptors (Lipinski definition) is 4. The summed E-state index contributed by atoms with van der Waals surface area (Å²) in [6, 6.07) is 70.3. The summed E-state index contributed by atoms with van der Waals surface area (Å²) in [6.07, 6.45) is 0. The van der Waals surface area contributed by atoms with E-state index in [0.29, 0.717) is 0 Å². The SMILES string of the molecule is c1ccc(-c2cccc(-c3ccc(N(c4ccc(-c5cccc6c5oc5c6ccc6oc7ccccc7c65)cc4)c4cccc5oc6ccccc6c45)cc3)c2)cc1. The zero-order chi connectivity index (χ0) is 38.2. The van der Waals surface area contributed by atoms with Crippen LogP contribution in [0.5, 0.6) is 0 Å². The van der Waals surface area contributed by atoms with Crippen molar-refractivity contribution in [2.24, 2.45) is 0 Å². The second kappa shape index (κ2) is 12.9. The largest absolute Gasteiger partial charge is 0.456 e. The molecule has 0 aliphatic heterocycles. The molecule has 12 rings (SSSR count). The van der Waals surface area contributed by atoms with Gasteiger partial charge in [-0.3, -0.25) is 0 Å². The summed E-state index contributed by atoms with van der Waals surface area (Å²) in [4.78, 5) is 2.33. The molecule has 58 heavy (non-hydrogen) atoms. The lowest BCUT2D eigenvalue weighted by atomic mass is 9.98. The molecule has 0 aliphatic rings. The van der Waals surface area contributed by atoms with Gasteiger partial charge in [-0.2, -0.15) is 0 Å². The molecule has 0 saturated heterocycles. The van der Waals surface area contributed by atoms with Crippen molar-refractivity contribution in [3.63, 3.8) is 0 Å². The number of rotatable bonds is 6. The van der Waals surface area contributed by atoms with Crippen LogP contribution < -0.4 is 4.90 Å². The lowest BCUT2D eigenvalue weighted by molar-refractivity contribution is 0.663. The van der Waals surface area contributed by atoms with Crippen molar-refractivity contribution in [1.29, 1.82) is 0 Å². The topological polar surface area (TPSA) is 42.7 Å². The van der Waals surface area contributed by atoms with Gasteiger partial charge < -0.3 is 18.2 Å². The van der Waals surface area contributed by atoms with E-state index in [0.717, 1.165) is 99.6 Å². The maximum absolute atomic E-state index is 6.81. The number of anilines is 3. The Hall–Kier alpha value is -7.82. The van der Waals surface area contributed by atoms with Crippen molar-refractivity contribution >= 4 is 82.9 Å². The minimum atomic E-state index is 0.827. The van der Waals surface area contributed by atoms with Gasteiger partial charge in [0.2, 0.25) is 0 Å². The predicted octanol–water partition coefficient (Wildman–Crippen LogP) is 15.9. The van der Waals surface area contributed by atoms with E-state index in [4.69, 9.17) is 13.3 Å². The van der Waals surface area contributed by atoms with Gasteiger partial charge in [0.15, 0.2) is 0 Å². The van der Waals surface area contributed by atoms with Crippen LogP contribution in [-0.4, -0.2) is 0 Å². The molecule has 0 amide bonds. The number of para-hydroxylation sites is 3. The Morgan fingerprint density at radius 3 is 1.53 bits per heavy atom.